The third kappa shape index (κ3) is 3.82. The maximum Gasteiger partial charge on any atom is 0.213 e. The Labute approximate surface area is 123 Å². The summed E-state index contributed by atoms with van der Waals surface area (Å²) in [6.07, 6.45) is 2.27. The number of hydrogen-bond donors (Lipinski definition) is 0. The Kier molecular flexibility index (Phi) is 4.20. The van der Waals surface area contributed by atoms with Crippen LogP contribution in [0.4, 0.5) is 4.39 Å². The van der Waals surface area contributed by atoms with Crippen LogP contribution in [-0.4, -0.2) is 29.6 Å². The number of hydrogen-bond acceptors (Lipinski definition) is 4. The van der Waals surface area contributed by atoms with Crippen molar-refractivity contribution in [3.63, 3.8) is 0 Å². The molecule has 0 aliphatic carbocycles. The first kappa shape index (κ1) is 14.1. The van der Waals surface area contributed by atoms with Crippen LogP contribution in [0, 0.1) is 18.7 Å². The fourth-order valence-corrected chi connectivity index (χ4v) is 2.63. The maximum absolute atomic E-state index is 12.8. The first-order valence-corrected chi connectivity index (χ1v) is 7.21. The van der Waals surface area contributed by atoms with E-state index in [-0.39, 0.29) is 5.82 Å². The molecule has 0 radical (unpaired) electrons. The highest BCUT2D eigenvalue weighted by molar-refractivity contribution is 5.10. The average Bonchev–Trinajstić information content (AvgIpc) is 3.08. The molecular formula is C16H19FN2O2. The van der Waals surface area contributed by atoms with Crippen LogP contribution >= 0.6 is 0 Å². The lowest BCUT2D eigenvalue weighted by molar-refractivity contribution is 0.226. The summed E-state index contributed by atoms with van der Waals surface area (Å²) in [6.45, 7) is 5.46. The Balaban J connectivity index is 1.45. The van der Waals surface area contributed by atoms with Gasteiger partial charge in [-0.3, -0.25) is 4.90 Å². The predicted octanol–water partition coefficient (Wildman–Crippen LogP) is 3.02. The van der Waals surface area contributed by atoms with Gasteiger partial charge in [-0.15, -0.1) is 0 Å². The molecular weight excluding hydrogens is 271 g/mol. The van der Waals surface area contributed by atoms with Gasteiger partial charge in [0.05, 0.1) is 19.3 Å². The molecule has 0 bridgehead atoms. The quantitative estimate of drug-likeness (QED) is 0.848. The monoisotopic (exact) mass is 290 g/mol. The summed E-state index contributed by atoms with van der Waals surface area (Å²) in [4.78, 5) is 6.27. The molecule has 2 aromatic rings. The zero-order chi connectivity index (χ0) is 14.7. The molecule has 0 amide bonds. The van der Waals surface area contributed by atoms with Gasteiger partial charge >= 0.3 is 0 Å². The van der Waals surface area contributed by atoms with Crippen molar-refractivity contribution in [2.75, 3.05) is 19.7 Å². The molecule has 1 fully saturated rings. The minimum Gasteiger partial charge on any atom is -0.477 e. The van der Waals surface area contributed by atoms with E-state index in [1.165, 1.54) is 12.3 Å². The maximum atomic E-state index is 12.8. The zero-order valence-electron chi connectivity index (χ0n) is 12.1. The Morgan fingerprint density at radius 3 is 3.00 bits per heavy atom. The van der Waals surface area contributed by atoms with Gasteiger partial charge in [0.15, 0.2) is 0 Å². The summed E-state index contributed by atoms with van der Waals surface area (Å²) in [5.41, 5.74) is 0. The van der Waals surface area contributed by atoms with E-state index in [1.54, 1.807) is 6.07 Å². The van der Waals surface area contributed by atoms with Crippen LogP contribution in [-0.2, 0) is 6.54 Å². The number of ether oxygens (including phenoxy) is 1. The van der Waals surface area contributed by atoms with Gasteiger partial charge in [-0.2, -0.15) is 0 Å². The Hall–Kier alpha value is -1.88. The summed E-state index contributed by atoms with van der Waals surface area (Å²) < 4.78 is 24.0. The van der Waals surface area contributed by atoms with E-state index in [0.717, 1.165) is 37.6 Å². The van der Waals surface area contributed by atoms with E-state index in [2.05, 4.69) is 9.88 Å². The zero-order valence-corrected chi connectivity index (χ0v) is 12.1. The highest BCUT2D eigenvalue weighted by Gasteiger charge is 2.23. The van der Waals surface area contributed by atoms with E-state index < -0.39 is 0 Å². The molecule has 1 saturated heterocycles. The SMILES string of the molecule is Cc1ccc(CN2CCC(COc3ccc(F)cn3)C2)o1. The van der Waals surface area contributed by atoms with Crippen LogP contribution in [0.5, 0.6) is 5.88 Å². The molecule has 0 N–H and O–H groups in total. The topological polar surface area (TPSA) is 38.5 Å². The highest BCUT2D eigenvalue weighted by Crippen LogP contribution is 2.20. The standard InChI is InChI=1S/C16H19FN2O2/c1-12-2-4-15(21-12)10-19-7-6-13(9-19)11-20-16-5-3-14(17)8-18-16/h2-5,8,13H,6-7,9-11H2,1H3. The van der Waals surface area contributed by atoms with E-state index in [0.29, 0.717) is 18.4 Å². The molecule has 0 saturated carbocycles. The molecule has 1 atom stereocenters. The van der Waals surface area contributed by atoms with Crippen molar-refractivity contribution < 1.29 is 13.5 Å². The van der Waals surface area contributed by atoms with Gasteiger partial charge in [0.1, 0.15) is 17.3 Å². The molecule has 5 heteroatoms. The minimum absolute atomic E-state index is 0.344. The van der Waals surface area contributed by atoms with Crippen molar-refractivity contribution in [2.24, 2.45) is 5.92 Å². The summed E-state index contributed by atoms with van der Waals surface area (Å²) >= 11 is 0. The lowest BCUT2D eigenvalue weighted by Crippen LogP contribution is -2.22. The van der Waals surface area contributed by atoms with Gasteiger partial charge in [0.25, 0.3) is 0 Å². The number of rotatable bonds is 5. The van der Waals surface area contributed by atoms with Crippen LogP contribution in [0.15, 0.2) is 34.9 Å². The number of aromatic nitrogens is 1. The lowest BCUT2D eigenvalue weighted by Gasteiger charge is -2.14. The second-order valence-corrected chi connectivity index (χ2v) is 5.53. The molecule has 0 aromatic carbocycles. The Bertz CT molecular complexity index is 582. The molecule has 2 aromatic heterocycles. The number of pyridine rings is 1. The fourth-order valence-electron chi connectivity index (χ4n) is 2.63. The molecule has 3 rings (SSSR count). The normalized spacial score (nSPS) is 19.0. The van der Waals surface area contributed by atoms with Gasteiger partial charge in [0.2, 0.25) is 5.88 Å². The third-order valence-corrected chi connectivity index (χ3v) is 3.71. The number of halogens is 1. The van der Waals surface area contributed by atoms with Gasteiger partial charge in [0, 0.05) is 18.5 Å². The molecule has 112 valence electrons. The second kappa shape index (κ2) is 6.26. The second-order valence-electron chi connectivity index (χ2n) is 5.53. The molecule has 21 heavy (non-hydrogen) atoms. The van der Waals surface area contributed by atoms with Crippen LogP contribution in [0.2, 0.25) is 0 Å². The molecule has 0 spiro atoms. The lowest BCUT2D eigenvalue weighted by atomic mass is 10.1. The van der Waals surface area contributed by atoms with E-state index in [4.69, 9.17) is 9.15 Å². The van der Waals surface area contributed by atoms with Gasteiger partial charge in [-0.25, -0.2) is 9.37 Å². The molecule has 3 heterocycles. The Morgan fingerprint density at radius 1 is 1.38 bits per heavy atom. The van der Waals surface area contributed by atoms with Gasteiger partial charge in [-0.05, 0) is 38.1 Å². The van der Waals surface area contributed by atoms with Crippen molar-refractivity contribution in [3.8, 4) is 5.88 Å². The van der Waals surface area contributed by atoms with Crippen LogP contribution in [0.1, 0.15) is 17.9 Å². The van der Waals surface area contributed by atoms with Crippen molar-refractivity contribution in [1.29, 1.82) is 0 Å². The number of likely N-dealkylation sites (tertiary alicyclic amines) is 1. The van der Waals surface area contributed by atoms with Crippen LogP contribution < -0.4 is 4.74 Å². The Morgan fingerprint density at radius 2 is 2.29 bits per heavy atom. The van der Waals surface area contributed by atoms with Crippen molar-refractivity contribution in [1.82, 2.24) is 9.88 Å². The third-order valence-electron chi connectivity index (χ3n) is 3.71. The number of aryl methyl sites for hydroxylation is 1. The van der Waals surface area contributed by atoms with Gasteiger partial charge < -0.3 is 9.15 Å². The molecule has 4 nitrogen and oxygen atoms in total. The van der Waals surface area contributed by atoms with E-state index in [1.807, 2.05) is 19.1 Å². The smallest absolute Gasteiger partial charge is 0.213 e. The predicted molar refractivity (Wildman–Crippen MR) is 76.5 cm³/mol. The van der Waals surface area contributed by atoms with Crippen LogP contribution in [0.3, 0.4) is 0 Å². The molecule has 1 aliphatic heterocycles. The largest absolute Gasteiger partial charge is 0.477 e. The van der Waals surface area contributed by atoms with E-state index in [9.17, 15) is 4.39 Å². The van der Waals surface area contributed by atoms with Crippen molar-refractivity contribution in [3.05, 3.63) is 47.8 Å². The number of nitrogens with zero attached hydrogens (tertiary/aromatic N) is 2. The summed E-state index contributed by atoms with van der Waals surface area (Å²) in [7, 11) is 0. The van der Waals surface area contributed by atoms with Crippen molar-refractivity contribution >= 4 is 0 Å². The van der Waals surface area contributed by atoms with Crippen LogP contribution in [0.25, 0.3) is 0 Å². The first-order chi connectivity index (χ1) is 10.2. The van der Waals surface area contributed by atoms with Gasteiger partial charge in [-0.1, -0.05) is 0 Å². The minimum atomic E-state index is -0.344. The summed E-state index contributed by atoms with van der Waals surface area (Å²) in [5, 5.41) is 0. The fraction of sp³-hybridized carbons (Fsp3) is 0.438. The summed E-state index contributed by atoms with van der Waals surface area (Å²) in [5.74, 6) is 2.58. The first-order valence-electron chi connectivity index (χ1n) is 7.21. The highest BCUT2D eigenvalue weighted by atomic mass is 19.1. The molecule has 1 unspecified atom stereocenters. The van der Waals surface area contributed by atoms with Crippen molar-refractivity contribution in [2.45, 2.75) is 19.9 Å². The molecule has 1 aliphatic rings. The summed E-state index contributed by atoms with van der Waals surface area (Å²) in [6, 6.07) is 6.95. The van der Waals surface area contributed by atoms with E-state index >= 15 is 0 Å². The average molecular weight is 290 g/mol. The number of furan rings is 1.